The summed E-state index contributed by atoms with van der Waals surface area (Å²) in [6.45, 7) is 5.53. The van der Waals surface area contributed by atoms with Crippen LogP contribution < -0.4 is 28.4 Å². The third-order valence-corrected chi connectivity index (χ3v) is 16.1. The Bertz CT molecular complexity index is 2630. The molecule has 0 bridgehead atoms. The molecular weight excluding hydrogens is 1100 g/mol. The molecule has 16 heteroatoms. The van der Waals surface area contributed by atoms with E-state index in [9.17, 15) is 33.6 Å². The summed E-state index contributed by atoms with van der Waals surface area (Å²) in [4.78, 5) is 85.9. The van der Waals surface area contributed by atoms with Gasteiger partial charge in [-0.05, 0) is 211 Å². The molecule has 0 unspecified atom stereocenters. The molecule has 2 saturated carbocycles. The first-order valence-corrected chi connectivity index (χ1v) is 31.9. The number of carbonyl (C=O) groups excluding carboxylic acids is 7. The largest absolute Gasteiger partial charge is 0.494 e. The standard InChI is InChI=1S/C70H92O16/c1-3-4-12-19-53-21-23-54(24-22-53)55-25-27-56(28-26-55)68(75)84-63-41-43-64(44-42-63)86-70(77)58-29-33-59(34-30-58)78-47-14-7-5-6-8-16-50-81-66(73)45-46-67(74)82-51-18-11-13-20-65(72)80-49-17-10-9-15-48-79-60-35-31-57(32-36-60)69(76)85-62-39-37-61(38-40-62)83-52(2)71/h29-44,53-56H,3-28,45-51H2,1-2H3. The van der Waals surface area contributed by atoms with E-state index in [1.54, 1.807) is 97.1 Å². The fourth-order valence-corrected chi connectivity index (χ4v) is 11.1. The van der Waals surface area contributed by atoms with Crippen LogP contribution in [0.5, 0.6) is 34.5 Å². The lowest BCUT2D eigenvalue weighted by Gasteiger charge is -2.37. The molecule has 0 aromatic heterocycles. The second-order valence-corrected chi connectivity index (χ2v) is 22.9. The van der Waals surface area contributed by atoms with Gasteiger partial charge in [0.05, 0.1) is 62.9 Å². The van der Waals surface area contributed by atoms with E-state index >= 15 is 0 Å². The van der Waals surface area contributed by atoms with Crippen molar-refractivity contribution in [1.29, 1.82) is 0 Å². The van der Waals surface area contributed by atoms with Crippen LogP contribution in [0.1, 0.15) is 214 Å². The van der Waals surface area contributed by atoms with Gasteiger partial charge in [-0.25, -0.2) is 9.59 Å². The summed E-state index contributed by atoms with van der Waals surface area (Å²) < 4.78 is 49.3. The van der Waals surface area contributed by atoms with E-state index in [4.69, 9.17) is 42.6 Å². The van der Waals surface area contributed by atoms with Gasteiger partial charge in [0.25, 0.3) is 0 Å². The predicted octanol–water partition coefficient (Wildman–Crippen LogP) is 15.5. The van der Waals surface area contributed by atoms with Crippen LogP contribution in [-0.2, 0) is 38.2 Å². The van der Waals surface area contributed by atoms with Crippen LogP contribution in [0.15, 0.2) is 97.1 Å². The molecule has 0 radical (unpaired) electrons. The molecule has 16 nitrogen and oxygen atoms in total. The first-order chi connectivity index (χ1) is 41.9. The summed E-state index contributed by atoms with van der Waals surface area (Å²) in [6.07, 6.45) is 26.0. The number of hydrogen-bond acceptors (Lipinski definition) is 16. The second-order valence-electron chi connectivity index (χ2n) is 22.9. The zero-order valence-corrected chi connectivity index (χ0v) is 50.9. The van der Waals surface area contributed by atoms with E-state index in [0.29, 0.717) is 97.7 Å². The SMILES string of the molecule is CCCCCC1CCC(C2CCC(C(=O)Oc3ccc(OC(=O)c4ccc(OCCCCCCCCOC(=O)CCC(=O)OCCCCCC(=O)OCCCCCCOc5ccc(C(=O)Oc6ccc(OC(C)=O)cc6)cc5)cc4)cc3)CC2)CC1. The Kier molecular flexibility index (Phi) is 31.2. The summed E-state index contributed by atoms with van der Waals surface area (Å²) in [7, 11) is 0. The number of carbonyl (C=O) groups is 7. The van der Waals surface area contributed by atoms with Gasteiger partial charge in [0, 0.05) is 13.3 Å². The third kappa shape index (κ3) is 27.0. The maximum Gasteiger partial charge on any atom is 0.343 e. The topological polar surface area (TPSA) is 203 Å². The lowest BCUT2D eigenvalue weighted by Crippen LogP contribution is -2.30. The van der Waals surface area contributed by atoms with Crippen molar-refractivity contribution in [2.45, 2.75) is 194 Å². The molecule has 6 rings (SSSR count). The van der Waals surface area contributed by atoms with Gasteiger partial charge < -0.3 is 42.6 Å². The summed E-state index contributed by atoms with van der Waals surface area (Å²) in [5, 5.41) is 0. The van der Waals surface area contributed by atoms with Crippen LogP contribution in [0.2, 0.25) is 0 Å². The van der Waals surface area contributed by atoms with Crippen LogP contribution in [0, 0.1) is 23.7 Å². The molecule has 4 aromatic carbocycles. The molecule has 0 aliphatic heterocycles. The number of hydrogen-bond donors (Lipinski definition) is 0. The van der Waals surface area contributed by atoms with Gasteiger partial charge in [-0.2, -0.15) is 0 Å². The number of esters is 7. The molecule has 86 heavy (non-hydrogen) atoms. The van der Waals surface area contributed by atoms with E-state index in [1.165, 1.54) is 58.3 Å². The zero-order chi connectivity index (χ0) is 61.0. The average molecular weight is 1190 g/mol. The van der Waals surface area contributed by atoms with Crippen molar-refractivity contribution in [3.63, 3.8) is 0 Å². The Morgan fingerprint density at radius 2 is 0.721 bits per heavy atom. The van der Waals surface area contributed by atoms with E-state index < -0.39 is 29.8 Å². The Morgan fingerprint density at radius 1 is 0.360 bits per heavy atom. The van der Waals surface area contributed by atoms with Gasteiger partial charge in [0.15, 0.2) is 0 Å². The minimum Gasteiger partial charge on any atom is -0.494 e. The molecule has 0 spiro atoms. The van der Waals surface area contributed by atoms with Crippen molar-refractivity contribution in [2.75, 3.05) is 33.0 Å². The highest BCUT2D eigenvalue weighted by Gasteiger charge is 2.34. The van der Waals surface area contributed by atoms with Crippen LogP contribution in [0.3, 0.4) is 0 Å². The van der Waals surface area contributed by atoms with Crippen molar-refractivity contribution < 1.29 is 76.2 Å². The Morgan fingerprint density at radius 3 is 1.15 bits per heavy atom. The highest BCUT2D eigenvalue weighted by Crippen LogP contribution is 2.43. The van der Waals surface area contributed by atoms with Gasteiger partial charge in [-0.1, -0.05) is 71.1 Å². The first kappa shape index (κ1) is 67.9. The zero-order valence-electron chi connectivity index (χ0n) is 50.9. The average Bonchev–Trinajstić information content (AvgIpc) is 3.73. The Labute approximate surface area is 509 Å². The van der Waals surface area contributed by atoms with Crippen LogP contribution in [-0.4, -0.2) is 74.8 Å². The quantitative estimate of drug-likeness (QED) is 0.0176. The van der Waals surface area contributed by atoms with Crippen molar-refractivity contribution in [3.05, 3.63) is 108 Å². The Hall–Kier alpha value is -7.23. The fraction of sp³-hybridized carbons (Fsp3) is 0.557. The van der Waals surface area contributed by atoms with Gasteiger partial charge in [0.2, 0.25) is 0 Å². The lowest BCUT2D eigenvalue weighted by atomic mass is 9.68. The molecule has 0 amide bonds. The molecule has 0 saturated heterocycles. The minimum absolute atomic E-state index is 0.0299. The van der Waals surface area contributed by atoms with Gasteiger partial charge >= 0.3 is 41.8 Å². The summed E-state index contributed by atoms with van der Waals surface area (Å²) >= 11 is 0. The number of ether oxygens (including phenoxy) is 9. The van der Waals surface area contributed by atoms with E-state index in [-0.39, 0.29) is 37.3 Å². The molecule has 2 aliphatic rings. The molecule has 0 heterocycles. The van der Waals surface area contributed by atoms with E-state index in [1.807, 2.05) is 0 Å². The summed E-state index contributed by atoms with van der Waals surface area (Å²) in [5.41, 5.74) is 0.763. The number of unbranched alkanes of at least 4 members (excludes halogenated alkanes) is 12. The van der Waals surface area contributed by atoms with E-state index in [2.05, 4.69) is 6.92 Å². The molecule has 0 N–H and O–H groups in total. The molecule has 2 aliphatic carbocycles. The van der Waals surface area contributed by atoms with Crippen molar-refractivity contribution in [2.24, 2.45) is 23.7 Å². The maximum atomic E-state index is 13.1. The van der Waals surface area contributed by atoms with Crippen molar-refractivity contribution in [3.8, 4) is 34.5 Å². The molecule has 0 atom stereocenters. The van der Waals surface area contributed by atoms with E-state index in [0.717, 1.165) is 108 Å². The van der Waals surface area contributed by atoms with Crippen molar-refractivity contribution >= 4 is 41.8 Å². The van der Waals surface area contributed by atoms with Crippen LogP contribution in [0.4, 0.5) is 0 Å². The van der Waals surface area contributed by atoms with Crippen molar-refractivity contribution in [1.82, 2.24) is 0 Å². The Balaban J connectivity index is 0.666. The monoisotopic (exact) mass is 1190 g/mol. The molecular formula is C70H92O16. The highest BCUT2D eigenvalue weighted by atomic mass is 16.6. The van der Waals surface area contributed by atoms with Gasteiger partial charge in [-0.3, -0.25) is 24.0 Å². The fourth-order valence-electron chi connectivity index (χ4n) is 11.1. The number of rotatable bonds is 39. The molecule has 4 aromatic rings. The normalized spacial score (nSPS) is 16.4. The summed E-state index contributed by atoms with van der Waals surface area (Å²) in [6, 6.07) is 26.4. The van der Waals surface area contributed by atoms with Crippen LogP contribution >= 0.6 is 0 Å². The van der Waals surface area contributed by atoms with Crippen LogP contribution in [0.25, 0.3) is 0 Å². The summed E-state index contributed by atoms with van der Waals surface area (Å²) in [5.74, 6) is 2.49. The van der Waals surface area contributed by atoms with Gasteiger partial charge in [-0.15, -0.1) is 0 Å². The highest BCUT2D eigenvalue weighted by molar-refractivity contribution is 5.92. The lowest BCUT2D eigenvalue weighted by molar-refractivity contribution is -0.150. The first-order valence-electron chi connectivity index (χ1n) is 31.9. The molecule has 468 valence electrons. The second kappa shape index (κ2) is 39.5. The minimum atomic E-state index is -0.522. The third-order valence-electron chi connectivity index (χ3n) is 16.1. The van der Waals surface area contributed by atoms with Gasteiger partial charge in [0.1, 0.15) is 34.5 Å². The maximum absolute atomic E-state index is 13.1. The smallest absolute Gasteiger partial charge is 0.343 e. The number of benzene rings is 4. The predicted molar refractivity (Wildman–Crippen MR) is 325 cm³/mol. The molecule has 2 fully saturated rings.